The van der Waals surface area contributed by atoms with Crippen LogP contribution in [0.15, 0.2) is 48.6 Å². The van der Waals surface area contributed by atoms with E-state index in [4.69, 9.17) is 19.3 Å². The fourth-order valence-electron chi connectivity index (χ4n) is 5.32. The highest BCUT2D eigenvalue weighted by molar-refractivity contribution is 7.46. The van der Waals surface area contributed by atoms with Crippen molar-refractivity contribution in [3.05, 3.63) is 48.6 Å². The molecule has 9 heteroatoms. The van der Waals surface area contributed by atoms with Crippen molar-refractivity contribution in [2.24, 2.45) is 0 Å². The van der Waals surface area contributed by atoms with Crippen LogP contribution >= 0.6 is 7.82 Å². The Morgan fingerprint density at radius 3 is 1.47 bits per heavy atom. The average molecular weight is 711 g/mol. The molecule has 284 valence electrons. The summed E-state index contributed by atoms with van der Waals surface area (Å²) in [4.78, 5) is 42.7. The lowest BCUT2D eigenvalue weighted by molar-refractivity contribution is -0.161. The van der Waals surface area contributed by atoms with Crippen LogP contribution in [0.5, 0.6) is 0 Å². The molecular formula is C40H71O8P. The molecule has 0 aliphatic rings. The predicted molar refractivity (Wildman–Crippen MR) is 202 cm³/mol. The largest absolute Gasteiger partial charge is 0.469 e. The topological polar surface area (TPSA) is 119 Å². The maximum absolute atomic E-state index is 12.4. The molecule has 0 fully saturated rings. The van der Waals surface area contributed by atoms with Crippen molar-refractivity contribution in [2.75, 3.05) is 13.2 Å². The van der Waals surface area contributed by atoms with Gasteiger partial charge in [-0.25, -0.2) is 4.57 Å². The number of unbranched alkanes of at least 4 members (excludes halogenated alkanes) is 20. The second kappa shape index (κ2) is 35.8. The van der Waals surface area contributed by atoms with Crippen LogP contribution in [0.2, 0.25) is 0 Å². The Balaban J connectivity index is 3.98. The number of allylic oxidation sites excluding steroid dienone is 8. The van der Waals surface area contributed by atoms with Gasteiger partial charge in [0.25, 0.3) is 0 Å². The maximum Gasteiger partial charge on any atom is 0.469 e. The normalized spacial score (nSPS) is 13.0. The summed E-state index contributed by atoms with van der Waals surface area (Å²) in [7, 11) is -4.76. The van der Waals surface area contributed by atoms with E-state index in [-0.39, 0.29) is 19.4 Å². The Morgan fingerprint density at radius 2 is 0.980 bits per heavy atom. The predicted octanol–water partition coefficient (Wildman–Crippen LogP) is 11.6. The van der Waals surface area contributed by atoms with Gasteiger partial charge < -0.3 is 19.3 Å². The molecule has 0 aromatic rings. The van der Waals surface area contributed by atoms with Gasteiger partial charge in [-0.15, -0.1) is 0 Å². The summed E-state index contributed by atoms with van der Waals surface area (Å²) in [5.41, 5.74) is 0. The lowest BCUT2D eigenvalue weighted by Gasteiger charge is -2.18. The monoisotopic (exact) mass is 710 g/mol. The van der Waals surface area contributed by atoms with E-state index in [1.807, 2.05) is 30.4 Å². The molecule has 8 nitrogen and oxygen atoms in total. The first-order valence-electron chi connectivity index (χ1n) is 19.5. The third-order valence-electron chi connectivity index (χ3n) is 8.21. The third-order valence-corrected chi connectivity index (χ3v) is 8.69. The van der Waals surface area contributed by atoms with E-state index in [0.717, 1.165) is 57.8 Å². The summed E-state index contributed by atoms with van der Waals surface area (Å²) in [6, 6.07) is 0. The molecule has 0 aromatic heterocycles. The van der Waals surface area contributed by atoms with Crippen molar-refractivity contribution in [3.63, 3.8) is 0 Å². The second-order valence-electron chi connectivity index (χ2n) is 13.0. The molecule has 0 amide bonds. The van der Waals surface area contributed by atoms with Gasteiger partial charge in [0, 0.05) is 12.8 Å². The minimum absolute atomic E-state index is 0.186. The van der Waals surface area contributed by atoms with Crippen LogP contribution < -0.4 is 0 Å². The quantitative estimate of drug-likeness (QED) is 0.0289. The zero-order chi connectivity index (χ0) is 36.1. The fraction of sp³-hybridized carbons (Fsp3) is 0.750. The molecule has 0 unspecified atom stereocenters. The Morgan fingerprint density at radius 1 is 0.551 bits per heavy atom. The summed E-state index contributed by atoms with van der Waals surface area (Å²) in [6.45, 7) is 3.53. The molecule has 0 spiro atoms. The van der Waals surface area contributed by atoms with Crippen LogP contribution in [0.3, 0.4) is 0 Å². The van der Waals surface area contributed by atoms with E-state index in [1.54, 1.807) is 0 Å². The van der Waals surface area contributed by atoms with Crippen molar-refractivity contribution < 1.29 is 37.9 Å². The highest BCUT2D eigenvalue weighted by Crippen LogP contribution is 2.36. The highest BCUT2D eigenvalue weighted by atomic mass is 31.2. The molecule has 0 heterocycles. The molecule has 0 saturated carbocycles. The molecule has 49 heavy (non-hydrogen) atoms. The zero-order valence-corrected chi connectivity index (χ0v) is 32.0. The molecule has 0 aliphatic heterocycles. The standard InChI is InChI=1S/C40H71O8P/c1-3-5-7-9-11-13-15-17-19-21-22-24-26-28-30-32-34-39(41)46-36-38(37-47-49(43,44)45)48-40(42)35-33-31-29-27-25-23-20-18-16-14-12-10-8-6-4-2/h6,8,10,12,14,16,18,20,38H,3-5,7,9,11,13,15,17,19,21-37H2,1-2H3,(H2,43,44,45)/b8-6+,12-10+,16-14+,20-18+/t38-/m1/s1. The SMILES string of the molecule is CC/C=C/C=C/C=C/C=C/CCCCCCCC(=O)O[C@H](COC(=O)CCCCCCCCCCCCCCCCCC)COP(=O)(O)O. The van der Waals surface area contributed by atoms with Crippen LogP contribution in [0.1, 0.15) is 174 Å². The number of phosphoric acid groups is 1. The lowest BCUT2D eigenvalue weighted by Crippen LogP contribution is -2.29. The third kappa shape index (κ3) is 38.7. The van der Waals surface area contributed by atoms with Gasteiger partial charge in [0.1, 0.15) is 6.61 Å². The van der Waals surface area contributed by atoms with E-state index >= 15 is 0 Å². The minimum Gasteiger partial charge on any atom is -0.462 e. The van der Waals surface area contributed by atoms with Gasteiger partial charge in [0.2, 0.25) is 0 Å². The number of esters is 2. The summed E-state index contributed by atoms with van der Waals surface area (Å²) in [5, 5.41) is 0. The van der Waals surface area contributed by atoms with Crippen molar-refractivity contribution in [1.29, 1.82) is 0 Å². The van der Waals surface area contributed by atoms with Gasteiger partial charge in [0.15, 0.2) is 6.10 Å². The van der Waals surface area contributed by atoms with Crippen LogP contribution in [-0.2, 0) is 28.2 Å². The molecule has 0 saturated heterocycles. The van der Waals surface area contributed by atoms with E-state index in [9.17, 15) is 14.2 Å². The van der Waals surface area contributed by atoms with Gasteiger partial charge in [-0.05, 0) is 32.1 Å². The maximum atomic E-state index is 12.4. The summed E-state index contributed by atoms with van der Waals surface area (Å²) in [6.07, 6.45) is 42.6. The van der Waals surface area contributed by atoms with Gasteiger partial charge in [-0.3, -0.25) is 14.1 Å². The highest BCUT2D eigenvalue weighted by Gasteiger charge is 2.22. The average Bonchev–Trinajstić information content (AvgIpc) is 3.07. The Bertz CT molecular complexity index is 937. The molecule has 0 radical (unpaired) electrons. The first-order valence-corrected chi connectivity index (χ1v) is 21.0. The summed E-state index contributed by atoms with van der Waals surface area (Å²) in [5.74, 6) is -0.910. The van der Waals surface area contributed by atoms with E-state index < -0.39 is 32.5 Å². The number of rotatable bonds is 35. The smallest absolute Gasteiger partial charge is 0.462 e. The number of ether oxygens (including phenoxy) is 2. The number of phosphoric ester groups is 1. The van der Waals surface area contributed by atoms with Crippen LogP contribution in [-0.4, -0.2) is 41.0 Å². The van der Waals surface area contributed by atoms with Gasteiger partial charge in [-0.1, -0.05) is 178 Å². The van der Waals surface area contributed by atoms with Gasteiger partial charge in [0.05, 0.1) is 6.61 Å². The first-order chi connectivity index (χ1) is 23.8. The molecule has 0 aromatic carbocycles. The Hall–Kier alpha value is -1.99. The summed E-state index contributed by atoms with van der Waals surface area (Å²) >= 11 is 0. The Labute approximate surface area is 299 Å². The second-order valence-corrected chi connectivity index (χ2v) is 14.2. The molecule has 1 atom stereocenters. The van der Waals surface area contributed by atoms with Crippen molar-refractivity contribution in [2.45, 2.75) is 180 Å². The molecule has 0 rings (SSSR count). The van der Waals surface area contributed by atoms with Crippen molar-refractivity contribution in [1.82, 2.24) is 0 Å². The molecular weight excluding hydrogens is 639 g/mol. The van der Waals surface area contributed by atoms with Crippen molar-refractivity contribution >= 4 is 19.8 Å². The number of hydrogen-bond donors (Lipinski definition) is 2. The van der Waals surface area contributed by atoms with E-state index in [1.165, 1.54) is 83.5 Å². The molecule has 2 N–H and O–H groups in total. The van der Waals surface area contributed by atoms with Crippen molar-refractivity contribution in [3.8, 4) is 0 Å². The number of hydrogen-bond acceptors (Lipinski definition) is 6. The van der Waals surface area contributed by atoms with Gasteiger partial charge in [-0.2, -0.15) is 0 Å². The van der Waals surface area contributed by atoms with E-state index in [2.05, 4.69) is 36.6 Å². The first kappa shape index (κ1) is 47.0. The Kier molecular flexibility index (Phi) is 34.4. The molecule has 0 bridgehead atoms. The summed E-state index contributed by atoms with van der Waals surface area (Å²) < 4.78 is 26.3. The lowest BCUT2D eigenvalue weighted by atomic mass is 10.0. The van der Waals surface area contributed by atoms with Crippen LogP contribution in [0.25, 0.3) is 0 Å². The zero-order valence-electron chi connectivity index (χ0n) is 31.1. The number of carbonyl (C=O) groups is 2. The minimum atomic E-state index is -4.76. The fourth-order valence-corrected chi connectivity index (χ4v) is 5.69. The molecule has 0 aliphatic carbocycles. The van der Waals surface area contributed by atoms with E-state index in [0.29, 0.717) is 6.42 Å². The van der Waals surface area contributed by atoms with Crippen LogP contribution in [0, 0.1) is 0 Å². The van der Waals surface area contributed by atoms with Gasteiger partial charge >= 0.3 is 19.8 Å². The van der Waals surface area contributed by atoms with Crippen LogP contribution in [0.4, 0.5) is 0 Å². The number of carbonyl (C=O) groups excluding carboxylic acids is 2.